The van der Waals surface area contributed by atoms with Gasteiger partial charge >= 0.3 is 0 Å². The Morgan fingerprint density at radius 2 is 1.76 bits per heavy atom. The van der Waals surface area contributed by atoms with Crippen molar-refractivity contribution >= 4 is 17.3 Å². The van der Waals surface area contributed by atoms with E-state index >= 15 is 0 Å². The van der Waals surface area contributed by atoms with E-state index in [1.165, 1.54) is 18.1 Å². The summed E-state index contributed by atoms with van der Waals surface area (Å²) in [6.07, 6.45) is 0. The Labute approximate surface area is 126 Å². The van der Waals surface area contributed by atoms with Crippen LogP contribution in [0.15, 0.2) is 42.5 Å². The van der Waals surface area contributed by atoms with Gasteiger partial charge in [0.1, 0.15) is 0 Å². The van der Waals surface area contributed by atoms with Crippen LogP contribution in [0.3, 0.4) is 0 Å². The van der Waals surface area contributed by atoms with Gasteiger partial charge in [-0.3, -0.25) is 4.79 Å². The average Bonchev–Trinajstić information content (AvgIpc) is 2.42. The van der Waals surface area contributed by atoms with Gasteiger partial charge in [0.15, 0.2) is 0 Å². The molecule has 0 heterocycles. The van der Waals surface area contributed by atoms with Crippen molar-refractivity contribution in [3.8, 4) is 0 Å². The summed E-state index contributed by atoms with van der Waals surface area (Å²) >= 11 is 0. The lowest BCUT2D eigenvalue weighted by atomic mass is 10.0. The number of carbonyl (C=O) groups excluding carboxylic acids is 1. The van der Waals surface area contributed by atoms with Gasteiger partial charge < -0.3 is 10.6 Å². The second-order valence-corrected chi connectivity index (χ2v) is 5.43. The monoisotopic (exact) mass is 282 g/mol. The van der Waals surface area contributed by atoms with Crippen molar-refractivity contribution in [2.75, 3.05) is 10.6 Å². The normalized spacial score (nSPS) is 11.8. The molecule has 0 radical (unpaired) electrons. The molecule has 0 saturated carbocycles. The lowest BCUT2D eigenvalue weighted by molar-refractivity contribution is -0.114. The number of carbonyl (C=O) groups is 1. The van der Waals surface area contributed by atoms with Crippen molar-refractivity contribution in [2.45, 2.75) is 33.7 Å². The summed E-state index contributed by atoms with van der Waals surface area (Å²) in [5, 5.41) is 6.35. The molecule has 0 aliphatic carbocycles. The molecule has 1 atom stereocenters. The van der Waals surface area contributed by atoms with E-state index in [-0.39, 0.29) is 11.9 Å². The minimum Gasteiger partial charge on any atom is -0.378 e. The van der Waals surface area contributed by atoms with Gasteiger partial charge in [0, 0.05) is 24.3 Å². The van der Waals surface area contributed by atoms with Crippen LogP contribution in [-0.2, 0) is 4.79 Å². The van der Waals surface area contributed by atoms with Crippen molar-refractivity contribution in [1.29, 1.82) is 0 Å². The molecule has 2 aromatic carbocycles. The molecule has 21 heavy (non-hydrogen) atoms. The number of nitrogens with one attached hydrogen (secondary N) is 2. The first-order chi connectivity index (χ1) is 9.97. The van der Waals surface area contributed by atoms with Gasteiger partial charge in [0.05, 0.1) is 0 Å². The maximum Gasteiger partial charge on any atom is 0.221 e. The highest BCUT2D eigenvalue weighted by Crippen LogP contribution is 2.26. The van der Waals surface area contributed by atoms with E-state index in [0.717, 1.165) is 16.9 Å². The molecule has 110 valence electrons. The first-order valence-electron chi connectivity index (χ1n) is 7.17. The molecule has 0 saturated heterocycles. The van der Waals surface area contributed by atoms with Crippen molar-refractivity contribution in [2.24, 2.45) is 0 Å². The maximum absolute atomic E-state index is 11.2. The third kappa shape index (κ3) is 3.85. The molecule has 0 spiro atoms. The molecule has 3 nitrogen and oxygen atoms in total. The molecular formula is C18H22N2O. The van der Waals surface area contributed by atoms with E-state index in [0.29, 0.717) is 0 Å². The summed E-state index contributed by atoms with van der Waals surface area (Å²) in [7, 11) is 0. The number of anilines is 2. The van der Waals surface area contributed by atoms with Gasteiger partial charge in [-0.2, -0.15) is 0 Å². The number of benzene rings is 2. The Morgan fingerprint density at radius 3 is 2.43 bits per heavy atom. The summed E-state index contributed by atoms with van der Waals surface area (Å²) in [6.45, 7) is 7.84. The van der Waals surface area contributed by atoms with E-state index < -0.39 is 0 Å². The zero-order valence-electron chi connectivity index (χ0n) is 13.0. The lowest BCUT2D eigenvalue weighted by Gasteiger charge is -2.20. The van der Waals surface area contributed by atoms with Crippen LogP contribution in [0, 0.1) is 13.8 Å². The molecule has 0 aromatic heterocycles. The first kappa shape index (κ1) is 15.1. The Hall–Kier alpha value is -2.29. The molecule has 0 aliphatic rings. The van der Waals surface area contributed by atoms with Crippen LogP contribution in [0.2, 0.25) is 0 Å². The van der Waals surface area contributed by atoms with Crippen LogP contribution in [0.25, 0.3) is 0 Å². The number of rotatable bonds is 4. The van der Waals surface area contributed by atoms with E-state index in [4.69, 9.17) is 0 Å². The molecule has 3 heteroatoms. The lowest BCUT2D eigenvalue weighted by Crippen LogP contribution is -2.10. The van der Waals surface area contributed by atoms with Gasteiger partial charge in [-0.05, 0) is 49.6 Å². The Kier molecular flexibility index (Phi) is 4.63. The van der Waals surface area contributed by atoms with E-state index in [2.05, 4.69) is 49.6 Å². The summed E-state index contributed by atoms with van der Waals surface area (Å²) in [5.74, 6) is -0.0586. The molecule has 1 amide bonds. The quantitative estimate of drug-likeness (QED) is 0.870. The fourth-order valence-corrected chi connectivity index (χ4v) is 2.44. The molecule has 2 rings (SSSR count). The number of aryl methyl sites for hydroxylation is 2. The number of hydrogen-bond donors (Lipinski definition) is 2. The summed E-state index contributed by atoms with van der Waals surface area (Å²) in [6, 6.07) is 14.5. The summed E-state index contributed by atoms with van der Waals surface area (Å²) < 4.78 is 0. The van der Waals surface area contributed by atoms with E-state index in [1.54, 1.807) is 0 Å². The molecule has 0 fully saturated rings. The Balaban J connectivity index is 2.22. The Morgan fingerprint density at radius 1 is 1.05 bits per heavy atom. The number of amides is 1. The van der Waals surface area contributed by atoms with Crippen molar-refractivity contribution in [3.63, 3.8) is 0 Å². The fourth-order valence-electron chi connectivity index (χ4n) is 2.44. The standard InChI is InChI=1S/C18H22N2O/c1-12-7-5-6-8-17(12)14(3)19-18-11-16(20-15(4)21)10-9-13(18)2/h5-11,14,19H,1-4H3,(H,20,21). The fraction of sp³-hybridized carbons (Fsp3) is 0.278. The molecule has 0 aliphatic heterocycles. The minimum absolute atomic E-state index is 0.0586. The van der Waals surface area contributed by atoms with Crippen LogP contribution in [0.4, 0.5) is 11.4 Å². The zero-order valence-corrected chi connectivity index (χ0v) is 13.0. The third-order valence-corrected chi connectivity index (χ3v) is 3.58. The summed E-state index contributed by atoms with van der Waals surface area (Å²) in [5.41, 5.74) is 5.56. The highest BCUT2D eigenvalue weighted by Gasteiger charge is 2.09. The van der Waals surface area contributed by atoms with Gasteiger partial charge in [0.2, 0.25) is 5.91 Å². The van der Waals surface area contributed by atoms with Gasteiger partial charge in [-0.1, -0.05) is 30.3 Å². The van der Waals surface area contributed by atoms with Gasteiger partial charge in [-0.25, -0.2) is 0 Å². The molecule has 1 unspecified atom stereocenters. The topological polar surface area (TPSA) is 41.1 Å². The highest BCUT2D eigenvalue weighted by atomic mass is 16.1. The molecule has 0 bridgehead atoms. The molecule has 2 N–H and O–H groups in total. The average molecular weight is 282 g/mol. The second-order valence-electron chi connectivity index (χ2n) is 5.43. The van der Waals surface area contributed by atoms with Crippen LogP contribution in [-0.4, -0.2) is 5.91 Å². The van der Waals surface area contributed by atoms with Crippen molar-refractivity contribution in [3.05, 3.63) is 59.2 Å². The Bertz CT molecular complexity index is 649. The van der Waals surface area contributed by atoms with Crippen LogP contribution < -0.4 is 10.6 Å². The SMILES string of the molecule is CC(=O)Nc1ccc(C)c(NC(C)c2ccccc2C)c1. The smallest absolute Gasteiger partial charge is 0.221 e. The zero-order chi connectivity index (χ0) is 15.4. The minimum atomic E-state index is -0.0586. The number of hydrogen-bond acceptors (Lipinski definition) is 2. The van der Waals surface area contributed by atoms with E-state index in [9.17, 15) is 4.79 Å². The van der Waals surface area contributed by atoms with Crippen molar-refractivity contribution < 1.29 is 4.79 Å². The van der Waals surface area contributed by atoms with Gasteiger partial charge in [-0.15, -0.1) is 0 Å². The predicted octanol–water partition coefficient (Wildman–Crippen LogP) is 4.43. The van der Waals surface area contributed by atoms with E-state index in [1.807, 2.05) is 24.3 Å². The van der Waals surface area contributed by atoms with Crippen LogP contribution in [0.1, 0.15) is 36.6 Å². The highest BCUT2D eigenvalue weighted by molar-refractivity contribution is 5.89. The largest absolute Gasteiger partial charge is 0.378 e. The second kappa shape index (κ2) is 6.44. The summed E-state index contributed by atoms with van der Waals surface area (Å²) in [4.78, 5) is 11.2. The van der Waals surface area contributed by atoms with Crippen molar-refractivity contribution in [1.82, 2.24) is 0 Å². The van der Waals surface area contributed by atoms with Crippen LogP contribution in [0.5, 0.6) is 0 Å². The maximum atomic E-state index is 11.2. The molecular weight excluding hydrogens is 260 g/mol. The first-order valence-corrected chi connectivity index (χ1v) is 7.17. The predicted molar refractivity (Wildman–Crippen MR) is 88.7 cm³/mol. The van der Waals surface area contributed by atoms with Crippen LogP contribution >= 0.6 is 0 Å². The van der Waals surface area contributed by atoms with Gasteiger partial charge in [0.25, 0.3) is 0 Å². The molecule has 2 aromatic rings. The third-order valence-electron chi connectivity index (χ3n) is 3.58.